The predicted octanol–water partition coefficient (Wildman–Crippen LogP) is 6.25. The Hall–Kier alpha value is -1.96. The molecule has 0 amide bonds. The molecule has 0 aromatic heterocycles. The lowest BCUT2D eigenvalue weighted by Gasteiger charge is -2.05. The van der Waals surface area contributed by atoms with E-state index in [-0.39, 0.29) is 6.42 Å². The third kappa shape index (κ3) is 4.27. The van der Waals surface area contributed by atoms with Crippen molar-refractivity contribution in [3.63, 3.8) is 0 Å². The van der Waals surface area contributed by atoms with Crippen LogP contribution in [-0.2, 0) is 12.8 Å². The zero-order valence-corrected chi connectivity index (χ0v) is 13.2. The van der Waals surface area contributed by atoms with Gasteiger partial charge in [-0.2, -0.15) is 0 Å². The summed E-state index contributed by atoms with van der Waals surface area (Å²) in [6, 6.07) is 15.5. The first-order valence-electron chi connectivity index (χ1n) is 7.85. The van der Waals surface area contributed by atoms with Crippen LogP contribution >= 0.6 is 0 Å². The molecule has 0 atom stereocenters. The van der Waals surface area contributed by atoms with Gasteiger partial charge < -0.3 is 0 Å². The molecule has 0 heterocycles. The molecule has 0 spiro atoms. The number of aryl methyl sites for hydroxylation is 1. The SMILES string of the molecule is CCCC(F)=C(F)c1ccc(Cc2ccc(CC)cc2)cc1. The van der Waals surface area contributed by atoms with Crippen LogP contribution in [0.15, 0.2) is 54.4 Å². The van der Waals surface area contributed by atoms with Crippen molar-refractivity contribution in [3.05, 3.63) is 76.6 Å². The van der Waals surface area contributed by atoms with Gasteiger partial charge in [-0.25, -0.2) is 8.78 Å². The molecular weight excluding hydrogens is 278 g/mol. The normalized spacial score (nSPS) is 12.2. The Kier molecular flexibility index (Phi) is 5.88. The highest BCUT2D eigenvalue weighted by Crippen LogP contribution is 2.25. The molecule has 0 radical (unpaired) electrons. The summed E-state index contributed by atoms with van der Waals surface area (Å²) in [5, 5.41) is 0. The van der Waals surface area contributed by atoms with Gasteiger partial charge in [0, 0.05) is 12.0 Å². The van der Waals surface area contributed by atoms with Crippen LogP contribution < -0.4 is 0 Å². The molecule has 0 nitrogen and oxygen atoms in total. The van der Waals surface area contributed by atoms with Gasteiger partial charge in [0.15, 0.2) is 5.83 Å². The van der Waals surface area contributed by atoms with Gasteiger partial charge in [-0.3, -0.25) is 0 Å². The fourth-order valence-corrected chi connectivity index (χ4v) is 2.38. The van der Waals surface area contributed by atoms with Gasteiger partial charge in [-0.15, -0.1) is 0 Å². The highest BCUT2D eigenvalue weighted by Gasteiger charge is 2.08. The Bertz CT molecular complexity index is 622. The molecule has 0 aliphatic carbocycles. The quantitative estimate of drug-likeness (QED) is 0.591. The molecule has 0 fully saturated rings. The van der Waals surface area contributed by atoms with E-state index < -0.39 is 11.7 Å². The second-order valence-corrected chi connectivity index (χ2v) is 5.51. The Morgan fingerprint density at radius 2 is 1.27 bits per heavy atom. The van der Waals surface area contributed by atoms with E-state index in [1.165, 1.54) is 11.1 Å². The van der Waals surface area contributed by atoms with E-state index in [1.807, 2.05) is 19.1 Å². The maximum atomic E-state index is 13.9. The second-order valence-electron chi connectivity index (χ2n) is 5.51. The van der Waals surface area contributed by atoms with Crippen LogP contribution in [0.3, 0.4) is 0 Å². The average molecular weight is 300 g/mol. The van der Waals surface area contributed by atoms with Crippen LogP contribution in [0, 0.1) is 0 Å². The van der Waals surface area contributed by atoms with Gasteiger partial charge in [-0.05, 0) is 36.0 Å². The predicted molar refractivity (Wildman–Crippen MR) is 89.1 cm³/mol. The molecule has 0 N–H and O–H groups in total. The summed E-state index contributed by atoms with van der Waals surface area (Å²) < 4.78 is 27.4. The molecule has 116 valence electrons. The van der Waals surface area contributed by atoms with Crippen molar-refractivity contribution in [2.75, 3.05) is 0 Å². The van der Waals surface area contributed by atoms with E-state index in [0.717, 1.165) is 18.4 Å². The molecule has 2 aromatic carbocycles. The van der Waals surface area contributed by atoms with Crippen molar-refractivity contribution < 1.29 is 8.78 Å². The summed E-state index contributed by atoms with van der Waals surface area (Å²) in [5.41, 5.74) is 3.95. The molecule has 0 unspecified atom stereocenters. The largest absolute Gasteiger partial charge is 0.209 e. The fraction of sp³-hybridized carbons (Fsp3) is 0.300. The number of halogens is 2. The van der Waals surface area contributed by atoms with Gasteiger partial charge in [0.25, 0.3) is 0 Å². The van der Waals surface area contributed by atoms with Gasteiger partial charge in [0.05, 0.1) is 0 Å². The van der Waals surface area contributed by atoms with Crippen LogP contribution in [-0.4, -0.2) is 0 Å². The number of benzene rings is 2. The van der Waals surface area contributed by atoms with Crippen molar-refractivity contribution in [1.82, 2.24) is 0 Å². The molecule has 0 bridgehead atoms. The number of hydrogen-bond donors (Lipinski definition) is 0. The van der Waals surface area contributed by atoms with Gasteiger partial charge in [0.1, 0.15) is 5.83 Å². The molecule has 2 heteroatoms. The molecule has 22 heavy (non-hydrogen) atoms. The van der Waals surface area contributed by atoms with Gasteiger partial charge in [-0.1, -0.05) is 62.4 Å². The van der Waals surface area contributed by atoms with Crippen molar-refractivity contribution in [3.8, 4) is 0 Å². The van der Waals surface area contributed by atoms with Crippen LogP contribution in [0.2, 0.25) is 0 Å². The first kappa shape index (κ1) is 16.4. The molecule has 0 saturated heterocycles. The standard InChI is InChI=1S/C20H22F2/c1-3-5-19(21)20(22)18-12-10-17(11-13-18)14-16-8-6-15(4-2)7-9-16/h6-13H,3-5,14H2,1-2H3. The number of rotatable bonds is 6. The molecule has 0 aliphatic rings. The van der Waals surface area contributed by atoms with E-state index in [9.17, 15) is 8.78 Å². The Morgan fingerprint density at radius 1 is 0.773 bits per heavy atom. The topological polar surface area (TPSA) is 0 Å². The molecule has 2 aromatic rings. The lowest BCUT2D eigenvalue weighted by Crippen LogP contribution is -1.90. The number of hydrogen-bond acceptors (Lipinski definition) is 0. The van der Waals surface area contributed by atoms with E-state index in [2.05, 4.69) is 31.2 Å². The molecule has 0 saturated carbocycles. The maximum Gasteiger partial charge on any atom is 0.161 e. The summed E-state index contributed by atoms with van der Waals surface area (Å²) in [4.78, 5) is 0. The zero-order valence-electron chi connectivity index (χ0n) is 13.2. The lowest BCUT2D eigenvalue weighted by molar-refractivity contribution is 0.559. The van der Waals surface area contributed by atoms with Gasteiger partial charge in [0.2, 0.25) is 0 Å². The van der Waals surface area contributed by atoms with E-state index in [4.69, 9.17) is 0 Å². The van der Waals surface area contributed by atoms with Crippen molar-refractivity contribution in [2.24, 2.45) is 0 Å². The van der Waals surface area contributed by atoms with E-state index in [0.29, 0.717) is 12.0 Å². The first-order valence-corrected chi connectivity index (χ1v) is 7.85. The Morgan fingerprint density at radius 3 is 1.77 bits per heavy atom. The minimum absolute atomic E-state index is 0.150. The minimum Gasteiger partial charge on any atom is -0.209 e. The minimum atomic E-state index is -0.735. The Labute approximate surface area is 131 Å². The monoisotopic (exact) mass is 300 g/mol. The third-order valence-corrected chi connectivity index (χ3v) is 3.75. The van der Waals surface area contributed by atoms with Crippen molar-refractivity contribution >= 4 is 5.83 Å². The third-order valence-electron chi connectivity index (χ3n) is 3.75. The van der Waals surface area contributed by atoms with Crippen LogP contribution in [0.5, 0.6) is 0 Å². The number of allylic oxidation sites excluding steroid dienone is 1. The summed E-state index contributed by atoms with van der Waals surface area (Å²) in [6.07, 6.45) is 2.58. The highest BCUT2D eigenvalue weighted by atomic mass is 19.2. The second kappa shape index (κ2) is 7.88. The maximum absolute atomic E-state index is 13.9. The van der Waals surface area contributed by atoms with E-state index in [1.54, 1.807) is 12.1 Å². The molecular formula is C20H22F2. The van der Waals surface area contributed by atoms with Crippen molar-refractivity contribution in [1.29, 1.82) is 0 Å². The Balaban J connectivity index is 2.09. The fourth-order valence-electron chi connectivity index (χ4n) is 2.38. The zero-order chi connectivity index (χ0) is 15.9. The summed E-state index contributed by atoms with van der Waals surface area (Å²) >= 11 is 0. The summed E-state index contributed by atoms with van der Waals surface area (Å²) in [7, 11) is 0. The van der Waals surface area contributed by atoms with Gasteiger partial charge >= 0.3 is 0 Å². The summed E-state index contributed by atoms with van der Waals surface area (Å²) in [5.74, 6) is -1.40. The van der Waals surface area contributed by atoms with Crippen LogP contribution in [0.4, 0.5) is 8.78 Å². The van der Waals surface area contributed by atoms with Crippen molar-refractivity contribution in [2.45, 2.75) is 39.5 Å². The average Bonchev–Trinajstić information content (AvgIpc) is 2.56. The molecule has 0 aliphatic heterocycles. The first-order chi connectivity index (χ1) is 10.6. The lowest BCUT2D eigenvalue weighted by atomic mass is 10.0. The van der Waals surface area contributed by atoms with Crippen LogP contribution in [0.25, 0.3) is 5.83 Å². The van der Waals surface area contributed by atoms with Crippen LogP contribution in [0.1, 0.15) is 48.9 Å². The highest BCUT2D eigenvalue weighted by molar-refractivity contribution is 5.61. The molecule has 2 rings (SSSR count). The van der Waals surface area contributed by atoms with E-state index >= 15 is 0 Å². The summed E-state index contributed by atoms with van der Waals surface area (Å²) in [6.45, 7) is 3.97. The smallest absolute Gasteiger partial charge is 0.161 e.